The fourth-order valence-corrected chi connectivity index (χ4v) is 1.94. The number of aliphatic carboxylic acids is 1. The lowest BCUT2D eigenvalue weighted by Gasteiger charge is -2.49. The first kappa shape index (κ1) is 11.0. The summed E-state index contributed by atoms with van der Waals surface area (Å²) in [6.07, 6.45) is 2.13. The van der Waals surface area contributed by atoms with Crippen molar-refractivity contribution in [3.63, 3.8) is 0 Å². The lowest BCUT2D eigenvalue weighted by molar-refractivity contribution is -0.901. The van der Waals surface area contributed by atoms with Crippen molar-refractivity contribution in [2.24, 2.45) is 0 Å². The molecule has 0 aromatic heterocycles. The number of likely N-dealkylation sites (tertiary alicyclic amines) is 1. The molecule has 1 rings (SSSR count). The van der Waals surface area contributed by atoms with E-state index in [2.05, 4.69) is 0 Å². The van der Waals surface area contributed by atoms with Crippen molar-refractivity contribution in [1.82, 2.24) is 0 Å². The van der Waals surface area contributed by atoms with E-state index in [9.17, 15) is 10.0 Å². The summed E-state index contributed by atoms with van der Waals surface area (Å²) in [6, 6.07) is 1.03. The van der Waals surface area contributed by atoms with Crippen LogP contribution in [0, 0.1) is 16.5 Å². The van der Waals surface area contributed by atoms with E-state index in [-0.39, 0.29) is 13.0 Å². The van der Waals surface area contributed by atoms with Crippen molar-refractivity contribution >= 4 is 5.97 Å². The molecule has 5 nitrogen and oxygen atoms in total. The number of nitrogens with zero attached hydrogens (tertiary/aromatic N) is 2. The highest BCUT2D eigenvalue weighted by atomic mass is 16.6. The van der Waals surface area contributed by atoms with Crippen molar-refractivity contribution in [3.05, 3.63) is 5.21 Å². The summed E-state index contributed by atoms with van der Waals surface area (Å²) in [5.74, 6) is -1.03. The van der Waals surface area contributed by atoms with Gasteiger partial charge >= 0.3 is 5.97 Å². The third-order valence-electron chi connectivity index (χ3n) is 2.72. The molecule has 1 unspecified atom stereocenters. The average Bonchev–Trinajstić information content (AvgIpc) is 2.15. The van der Waals surface area contributed by atoms with Crippen molar-refractivity contribution in [3.8, 4) is 6.07 Å². The van der Waals surface area contributed by atoms with Crippen molar-refractivity contribution in [1.29, 1.82) is 5.26 Å². The molecular weight excluding hydrogens is 184 g/mol. The van der Waals surface area contributed by atoms with Gasteiger partial charge in [-0.3, -0.25) is 0 Å². The summed E-state index contributed by atoms with van der Waals surface area (Å²) in [5, 5.41) is 29.3. The third kappa shape index (κ3) is 2.22. The highest BCUT2D eigenvalue weighted by Crippen LogP contribution is 2.25. The third-order valence-corrected chi connectivity index (χ3v) is 2.72. The monoisotopic (exact) mass is 198 g/mol. The molecule has 2 atom stereocenters. The number of hydrogen-bond donors (Lipinski definition) is 1. The van der Waals surface area contributed by atoms with Crippen LogP contribution in [0.15, 0.2) is 0 Å². The summed E-state index contributed by atoms with van der Waals surface area (Å²) < 4.78 is -0.719. The van der Waals surface area contributed by atoms with Gasteiger partial charge < -0.3 is 15.0 Å². The molecule has 0 spiro atoms. The fourth-order valence-electron chi connectivity index (χ4n) is 1.94. The van der Waals surface area contributed by atoms with Crippen LogP contribution in [0.2, 0.25) is 0 Å². The van der Waals surface area contributed by atoms with Gasteiger partial charge in [0.15, 0.2) is 6.04 Å². The largest absolute Gasteiger partial charge is 0.632 e. The zero-order valence-electron chi connectivity index (χ0n) is 7.98. The van der Waals surface area contributed by atoms with E-state index in [0.717, 1.165) is 12.8 Å². The van der Waals surface area contributed by atoms with Gasteiger partial charge in [0.05, 0.1) is 25.6 Å². The Morgan fingerprint density at radius 3 is 2.93 bits per heavy atom. The molecular formula is C9H14N2O3. The normalized spacial score (nSPS) is 32.1. The Hall–Kier alpha value is -1.12. The molecule has 1 saturated heterocycles. The topological polar surface area (TPSA) is 84.1 Å². The molecule has 1 aliphatic heterocycles. The number of hydrogen-bond acceptors (Lipinski definition) is 3. The molecule has 1 heterocycles. The maximum Gasteiger partial charge on any atom is 0.362 e. The minimum Gasteiger partial charge on any atom is -0.632 e. The van der Waals surface area contributed by atoms with Crippen LogP contribution in [0.5, 0.6) is 0 Å². The molecule has 0 saturated carbocycles. The fraction of sp³-hybridized carbons (Fsp3) is 0.778. The Morgan fingerprint density at radius 2 is 2.36 bits per heavy atom. The number of piperidine rings is 1. The van der Waals surface area contributed by atoms with E-state index < -0.39 is 16.7 Å². The first-order valence-electron chi connectivity index (χ1n) is 4.78. The van der Waals surface area contributed by atoms with Crippen LogP contribution in [0.25, 0.3) is 0 Å². The van der Waals surface area contributed by atoms with Crippen molar-refractivity contribution < 1.29 is 14.5 Å². The smallest absolute Gasteiger partial charge is 0.362 e. The molecule has 0 aromatic carbocycles. The number of nitriles is 1. The van der Waals surface area contributed by atoms with Gasteiger partial charge in [-0.1, -0.05) is 0 Å². The number of quaternary nitrogens is 1. The van der Waals surface area contributed by atoms with Gasteiger partial charge in [0, 0.05) is 6.42 Å². The van der Waals surface area contributed by atoms with Gasteiger partial charge in [-0.15, -0.1) is 0 Å². The Balaban J connectivity index is 2.69. The Kier molecular flexibility index (Phi) is 3.44. The predicted molar refractivity (Wildman–Crippen MR) is 48.9 cm³/mol. The van der Waals surface area contributed by atoms with Crippen LogP contribution < -0.4 is 0 Å². The molecule has 0 aliphatic carbocycles. The minimum atomic E-state index is -1.03. The van der Waals surface area contributed by atoms with E-state index in [1.54, 1.807) is 0 Å². The predicted octanol–water partition coefficient (Wildman–Crippen LogP) is 0.852. The number of hydroxylamine groups is 3. The standard InChI is InChI=1S/C9H14N2O3/c10-5-3-7-11(14)6-2-1-4-8(11)9(12)13/h8H,1-4,6-7H2,(H,12,13)/t8-,11?/m0/s1. The average molecular weight is 198 g/mol. The van der Waals surface area contributed by atoms with E-state index in [4.69, 9.17) is 10.4 Å². The van der Waals surface area contributed by atoms with E-state index >= 15 is 0 Å². The zero-order valence-corrected chi connectivity index (χ0v) is 7.98. The summed E-state index contributed by atoms with van der Waals surface area (Å²) in [6.45, 7) is 0.437. The maximum absolute atomic E-state index is 12.1. The molecule has 1 fully saturated rings. The zero-order chi connectivity index (χ0) is 10.6. The summed E-state index contributed by atoms with van der Waals surface area (Å²) in [5.41, 5.74) is 0. The van der Waals surface area contributed by atoms with Gasteiger partial charge in [-0.25, -0.2) is 4.79 Å². The number of carbonyl (C=O) groups is 1. The number of carboxylic acids is 1. The summed E-state index contributed by atoms with van der Waals surface area (Å²) >= 11 is 0. The number of rotatable bonds is 3. The van der Waals surface area contributed by atoms with Gasteiger partial charge in [0.25, 0.3) is 0 Å². The quantitative estimate of drug-likeness (QED) is 0.538. The second-order valence-corrected chi connectivity index (χ2v) is 3.66. The number of carboxylic acid groups (broad SMARTS) is 1. The van der Waals surface area contributed by atoms with Crippen LogP contribution in [-0.2, 0) is 4.79 Å². The summed E-state index contributed by atoms with van der Waals surface area (Å²) in [7, 11) is 0. The van der Waals surface area contributed by atoms with E-state index in [1.807, 2.05) is 6.07 Å². The maximum atomic E-state index is 12.1. The Morgan fingerprint density at radius 1 is 1.64 bits per heavy atom. The van der Waals surface area contributed by atoms with E-state index in [1.165, 1.54) is 0 Å². The first-order valence-corrected chi connectivity index (χ1v) is 4.78. The van der Waals surface area contributed by atoms with E-state index in [0.29, 0.717) is 13.0 Å². The molecule has 1 N–H and O–H groups in total. The molecule has 0 amide bonds. The molecule has 0 radical (unpaired) electrons. The highest BCUT2D eigenvalue weighted by Gasteiger charge is 2.37. The van der Waals surface area contributed by atoms with Crippen molar-refractivity contribution in [2.45, 2.75) is 31.7 Å². The lowest BCUT2D eigenvalue weighted by Crippen LogP contribution is -2.57. The minimum absolute atomic E-state index is 0.105. The van der Waals surface area contributed by atoms with Crippen LogP contribution in [0.3, 0.4) is 0 Å². The highest BCUT2D eigenvalue weighted by molar-refractivity contribution is 5.72. The Labute approximate surface area is 82.7 Å². The molecule has 0 aromatic rings. The molecule has 1 aliphatic rings. The second kappa shape index (κ2) is 4.40. The molecule has 14 heavy (non-hydrogen) atoms. The lowest BCUT2D eigenvalue weighted by atomic mass is 10.0. The molecule has 78 valence electrons. The van der Waals surface area contributed by atoms with Crippen LogP contribution >= 0.6 is 0 Å². The molecule has 5 heteroatoms. The Bertz CT molecular complexity index is 261. The SMILES string of the molecule is N#CCC[N+]1([O-])CCCC[C@H]1C(=O)O. The molecule has 0 bridgehead atoms. The van der Waals surface area contributed by atoms with Crippen LogP contribution in [-0.4, -0.2) is 34.9 Å². The second-order valence-electron chi connectivity index (χ2n) is 3.66. The van der Waals surface area contributed by atoms with Gasteiger partial charge in [-0.2, -0.15) is 5.26 Å². The van der Waals surface area contributed by atoms with Gasteiger partial charge in [-0.05, 0) is 12.8 Å². The van der Waals surface area contributed by atoms with Crippen LogP contribution in [0.1, 0.15) is 25.7 Å². The van der Waals surface area contributed by atoms with Gasteiger partial charge in [0.2, 0.25) is 0 Å². The summed E-state index contributed by atoms with van der Waals surface area (Å²) in [4.78, 5) is 10.8. The first-order chi connectivity index (χ1) is 6.60. The van der Waals surface area contributed by atoms with Crippen molar-refractivity contribution in [2.75, 3.05) is 13.1 Å². The van der Waals surface area contributed by atoms with Gasteiger partial charge in [0.1, 0.15) is 0 Å². The van der Waals surface area contributed by atoms with Crippen LogP contribution in [0.4, 0.5) is 0 Å².